The smallest absolute Gasteiger partial charge is 0.266 e. The summed E-state index contributed by atoms with van der Waals surface area (Å²) in [6.45, 7) is 6.24. The average molecular weight is 449 g/mol. The zero-order valence-corrected chi connectivity index (χ0v) is 18.9. The third-order valence-corrected chi connectivity index (χ3v) is 5.74. The molecule has 172 valence electrons. The number of carbonyl (C=O) groups excluding carboxylic acids is 1. The van der Waals surface area contributed by atoms with E-state index in [9.17, 15) is 10.1 Å². The normalized spacial score (nSPS) is 14.4. The van der Waals surface area contributed by atoms with Gasteiger partial charge in [0.25, 0.3) is 5.89 Å². The number of carbonyl (C=O) groups is 1. The molecule has 8 nitrogen and oxygen atoms in total. The van der Waals surface area contributed by atoms with Gasteiger partial charge in [-0.3, -0.25) is 4.79 Å². The SMILES string of the molecule is CC(C)OCc1ccccc1CNC(=O)C1CCN(c2oc(-c3ccco3)nc2C#N)CC1. The molecule has 0 radical (unpaired) electrons. The molecule has 0 saturated carbocycles. The third kappa shape index (κ3) is 5.44. The van der Waals surface area contributed by atoms with Crippen LogP contribution in [0.3, 0.4) is 0 Å². The van der Waals surface area contributed by atoms with E-state index in [-0.39, 0.29) is 29.5 Å². The number of benzene rings is 1. The van der Waals surface area contributed by atoms with Gasteiger partial charge >= 0.3 is 0 Å². The summed E-state index contributed by atoms with van der Waals surface area (Å²) in [5.74, 6) is 1.15. The van der Waals surface area contributed by atoms with Gasteiger partial charge in [-0.15, -0.1) is 0 Å². The van der Waals surface area contributed by atoms with E-state index in [2.05, 4.69) is 16.4 Å². The molecule has 3 aromatic rings. The summed E-state index contributed by atoms with van der Waals surface area (Å²) in [7, 11) is 0. The van der Waals surface area contributed by atoms with Crippen LogP contribution < -0.4 is 10.2 Å². The highest BCUT2D eigenvalue weighted by atomic mass is 16.5. The fraction of sp³-hybridized carbons (Fsp3) is 0.400. The maximum Gasteiger partial charge on any atom is 0.266 e. The lowest BCUT2D eigenvalue weighted by atomic mass is 9.95. The number of anilines is 1. The Labute approximate surface area is 193 Å². The van der Waals surface area contributed by atoms with Gasteiger partial charge in [0.1, 0.15) is 6.07 Å². The van der Waals surface area contributed by atoms with Crippen molar-refractivity contribution in [2.24, 2.45) is 5.92 Å². The highest BCUT2D eigenvalue weighted by molar-refractivity contribution is 5.79. The summed E-state index contributed by atoms with van der Waals surface area (Å²) in [6.07, 6.45) is 3.03. The minimum Gasteiger partial charge on any atom is -0.459 e. The molecular formula is C25H28N4O4. The lowest BCUT2D eigenvalue weighted by molar-refractivity contribution is -0.125. The molecule has 3 heterocycles. The monoisotopic (exact) mass is 448 g/mol. The third-order valence-electron chi connectivity index (χ3n) is 5.74. The number of oxazole rings is 1. The Kier molecular flexibility index (Phi) is 7.10. The van der Waals surface area contributed by atoms with Gasteiger partial charge in [0.2, 0.25) is 17.5 Å². The molecule has 0 aliphatic carbocycles. The second-order valence-electron chi connectivity index (χ2n) is 8.37. The quantitative estimate of drug-likeness (QED) is 0.549. The van der Waals surface area contributed by atoms with E-state index in [0.717, 1.165) is 11.1 Å². The summed E-state index contributed by atoms with van der Waals surface area (Å²) in [5.41, 5.74) is 2.38. The molecule has 4 rings (SSSR count). The number of hydrogen-bond donors (Lipinski definition) is 1. The van der Waals surface area contributed by atoms with Crippen molar-refractivity contribution in [3.8, 4) is 17.7 Å². The van der Waals surface area contributed by atoms with Crippen LogP contribution in [0.4, 0.5) is 5.88 Å². The maximum atomic E-state index is 12.8. The molecule has 1 N–H and O–H groups in total. The molecule has 1 aromatic carbocycles. The highest BCUT2D eigenvalue weighted by Crippen LogP contribution is 2.31. The molecular weight excluding hydrogens is 420 g/mol. The minimum atomic E-state index is -0.0849. The molecule has 0 spiro atoms. The summed E-state index contributed by atoms with van der Waals surface area (Å²) in [6, 6.07) is 13.6. The number of nitrogens with zero attached hydrogens (tertiary/aromatic N) is 3. The van der Waals surface area contributed by atoms with Crippen LogP contribution in [0.25, 0.3) is 11.7 Å². The molecule has 0 unspecified atom stereocenters. The van der Waals surface area contributed by atoms with Crippen molar-refractivity contribution < 1.29 is 18.4 Å². The number of rotatable bonds is 8. The Morgan fingerprint density at radius 3 is 2.67 bits per heavy atom. The van der Waals surface area contributed by atoms with E-state index in [4.69, 9.17) is 13.6 Å². The van der Waals surface area contributed by atoms with Crippen LogP contribution in [0.5, 0.6) is 0 Å². The topological polar surface area (TPSA) is 105 Å². The van der Waals surface area contributed by atoms with Crippen LogP contribution in [-0.2, 0) is 22.7 Å². The first kappa shape index (κ1) is 22.6. The van der Waals surface area contributed by atoms with Crippen LogP contribution in [0.1, 0.15) is 43.5 Å². The lowest BCUT2D eigenvalue weighted by Crippen LogP contribution is -2.40. The van der Waals surface area contributed by atoms with Crippen LogP contribution in [-0.4, -0.2) is 30.1 Å². The minimum absolute atomic E-state index is 0.0450. The average Bonchev–Trinajstić information content (AvgIpc) is 3.51. The van der Waals surface area contributed by atoms with Crippen LogP contribution >= 0.6 is 0 Å². The van der Waals surface area contributed by atoms with Crippen molar-refractivity contribution in [3.05, 3.63) is 59.5 Å². The van der Waals surface area contributed by atoms with E-state index in [1.54, 1.807) is 12.1 Å². The van der Waals surface area contributed by atoms with Crippen molar-refractivity contribution in [1.82, 2.24) is 10.3 Å². The van der Waals surface area contributed by atoms with Crippen LogP contribution in [0.2, 0.25) is 0 Å². The van der Waals surface area contributed by atoms with E-state index in [1.807, 2.05) is 43.0 Å². The molecule has 8 heteroatoms. The number of ether oxygens (including phenoxy) is 1. The molecule has 1 fully saturated rings. The Morgan fingerprint density at radius 1 is 1.24 bits per heavy atom. The van der Waals surface area contributed by atoms with E-state index in [1.165, 1.54) is 6.26 Å². The van der Waals surface area contributed by atoms with Gasteiger partial charge in [-0.2, -0.15) is 10.2 Å². The van der Waals surface area contributed by atoms with Crippen molar-refractivity contribution in [2.45, 2.75) is 45.9 Å². The summed E-state index contributed by atoms with van der Waals surface area (Å²) in [4.78, 5) is 19.0. The molecule has 0 bridgehead atoms. The fourth-order valence-electron chi connectivity index (χ4n) is 3.90. The number of piperidine rings is 1. The Balaban J connectivity index is 1.33. The van der Waals surface area contributed by atoms with E-state index in [0.29, 0.717) is 50.7 Å². The number of aromatic nitrogens is 1. The van der Waals surface area contributed by atoms with Gasteiger partial charge in [0, 0.05) is 25.6 Å². The molecule has 1 aliphatic rings. The van der Waals surface area contributed by atoms with Gasteiger partial charge in [-0.25, -0.2) is 0 Å². The van der Waals surface area contributed by atoms with Crippen molar-refractivity contribution >= 4 is 11.8 Å². The zero-order chi connectivity index (χ0) is 23.2. The van der Waals surface area contributed by atoms with Crippen molar-refractivity contribution in [2.75, 3.05) is 18.0 Å². The zero-order valence-electron chi connectivity index (χ0n) is 18.9. The van der Waals surface area contributed by atoms with Gasteiger partial charge in [-0.05, 0) is 49.9 Å². The fourth-order valence-corrected chi connectivity index (χ4v) is 3.90. The summed E-state index contributed by atoms with van der Waals surface area (Å²) < 4.78 is 16.9. The predicted octanol–water partition coefficient (Wildman–Crippen LogP) is 4.26. The number of amides is 1. The second-order valence-corrected chi connectivity index (χ2v) is 8.37. The lowest BCUT2D eigenvalue weighted by Gasteiger charge is -2.31. The molecule has 1 aliphatic heterocycles. The Bertz CT molecular complexity index is 1110. The van der Waals surface area contributed by atoms with Gasteiger partial charge in [0.05, 0.1) is 19.0 Å². The molecule has 33 heavy (non-hydrogen) atoms. The predicted molar refractivity (Wildman–Crippen MR) is 122 cm³/mol. The van der Waals surface area contributed by atoms with Crippen molar-refractivity contribution in [3.63, 3.8) is 0 Å². The van der Waals surface area contributed by atoms with Crippen LogP contribution in [0, 0.1) is 17.2 Å². The van der Waals surface area contributed by atoms with Gasteiger partial charge in [-0.1, -0.05) is 24.3 Å². The molecule has 0 atom stereocenters. The number of furan rings is 1. The largest absolute Gasteiger partial charge is 0.459 e. The number of hydrogen-bond acceptors (Lipinski definition) is 7. The molecule has 1 saturated heterocycles. The molecule has 1 amide bonds. The first-order valence-electron chi connectivity index (χ1n) is 11.2. The van der Waals surface area contributed by atoms with E-state index < -0.39 is 0 Å². The van der Waals surface area contributed by atoms with Crippen LogP contribution in [0.15, 0.2) is 51.5 Å². The standard InChI is InChI=1S/C25H28N4O4/c1-17(2)32-16-20-7-4-3-6-19(20)15-27-23(30)18-9-11-29(12-10-18)25-21(14-26)28-24(33-25)22-8-5-13-31-22/h3-8,13,17-18H,9-12,15-16H2,1-2H3,(H,27,30). The second kappa shape index (κ2) is 10.4. The first-order valence-corrected chi connectivity index (χ1v) is 11.2. The summed E-state index contributed by atoms with van der Waals surface area (Å²) in [5, 5.41) is 12.5. The summed E-state index contributed by atoms with van der Waals surface area (Å²) >= 11 is 0. The first-order chi connectivity index (χ1) is 16.0. The Hall–Kier alpha value is -3.57. The van der Waals surface area contributed by atoms with E-state index >= 15 is 0 Å². The number of nitriles is 1. The maximum absolute atomic E-state index is 12.8. The Morgan fingerprint density at radius 2 is 2.00 bits per heavy atom. The van der Waals surface area contributed by atoms with Gasteiger partial charge < -0.3 is 23.8 Å². The molecule has 2 aromatic heterocycles. The number of nitrogens with one attached hydrogen (secondary N) is 1. The highest BCUT2D eigenvalue weighted by Gasteiger charge is 2.29. The van der Waals surface area contributed by atoms with Gasteiger partial charge in [0.15, 0.2) is 5.76 Å². The van der Waals surface area contributed by atoms with Crippen molar-refractivity contribution in [1.29, 1.82) is 5.26 Å².